The number of hydrogen-bond acceptors (Lipinski definition) is 6. The molecule has 1 aliphatic rings. The first-order chi connectivity index (χ1) is 16.6. The summed E-state index contributed by atoms with van der Waals surface area (Å²) in [5.41, 5.74) is 3.92. The van der Waals surface area contributed by atoms with Gasteiger partial charge in [0.1, 0.15) is 5.82 Å². The van der Waals surface area contributed by atoms with Gasteiger partial charge in [0.25, 0.3) is 5.91 Å². The van der Waals surface area contributed by atoms with E-state index in [2.05, 4.69) is 34.1 Å². The highest BCUT2D eigenvalue weighted by molar-refractivity contribution is 6.06. The van der Waals surface area contributed by atoms with Gasteiger partial charge in [-0.2, -0.15) is 5.10 Å². The van der Waals surface area contributed by atoms with Crippen molar-refractivity contribution in [1.82, 2.24) is 25.1 Å². The van der Waals surface area contributed by atoms with Crippen LogP contribution in [0, 0.1) is 0 Å². The van der Waals surface area contributed by atoms with Gasteiger partial charge >= 0.3 is 0 Å². The lowest BCUT2D eigenvalue weighted by atomic mass is 10.1. The number of carbonyl (C=O) groups excluding carboxylic acids is 1. The molecule has 1 N–H and O–H groups in total. The van der Waals surface area contributed by atoms with Crippen LogP contribution in [0.4, 0.5) is 5.82 Å². The molecule has 0 radical (unpaired) electrons. The molecule has 174 valence electrons. The number of rotatable bonds is 6. The third kappa shape index (κ3) is 4.49. The van der Waals surface area contributed by atoms with E-state index < -0.39 is 0 Å². The van der Waals surface area contributed by atoms with Crippen LogP contribution in [0.1, 0.15) is 35.8 Å². The minimum atomic E-state index is -0.162. The number of carbonyl (C=O) groups is 1. The molecule has 1 aromatic carbocycles. The zero-order chi connectivity index (χ0) is 23.5. The molecule has 1 aliphatic heterocycles. The lowest BCUT2D eigenvalue weighted by molar-refractivity contribution is 0.0952. The first kappa shape index (κ1) is 22.0. The normalized spacial score (nSPS) is 14.0. The van der Waals surface area contributed by atoms with E-state index in [1.165, 1.54) is 0 Å². The molecule has 0 saturated carbocycles. The van der Waals surface area contributed by atoms with Gasteiger partial charge in [-0.1, -0.05) is 36.4 Å². The maximum atomic E-state index is 13.3. The monoisotopic (exact) mass is 456 g/mol. The average Bonchev–Trinajstić information content (AvgIpc) is 3.32. The van der Waals surface area contributed by atoms with Gasteiger partial charge in [-0.3, -0.25) is 4.79 Å². The number of nitrogens with zero attached hydrogens (tertiary/aromatic N) is 5. The molecule has 1 saturated heterocycles. The number of aromatic nitrogens is 4. The van der Waals surface area contributed by atoms with Gasteiger partial charge in [0.2, 0.25) is 0 Å². The first-order valence-electron chi connectivity index (χ1n) is 11.6. The Kier molecular flexibility index (Phi) is 6.22. The summed E-state index contributed by atoms with van der Waals surface area (Å²) in [6, 6.07) is 15.9. The second-order valence-electron chi connectivity index (χ2n) is 8.65. The zero-order valence-electron chi connectivity index (χ0n) is 19.4. The predicted octanol–water partition coefficient (Wildman–Crippen LogP) is 3.84. The van der Waals surface area contributed by atoms with Crippen LogP contribution < -0.4 is 10.2 Å². The minimum Gasteiger partial charge on any atom is -0.378 e. The number of fused-ring (bicyclic) bond motifs is 1. The van der Waals surface area contributed by atoms with Crippen molar-refractivity contribution >= 4 is 22.8 Å². The number of pyridine rings is 2. The van der Waals surface area contributed by atoms with Crippen LogP contribution in [-0.2, 0) is 11.3 Å². The third-order valence-corrected chi connectivity index (χ3v) is 5.97. The summed E-state index contributed by atoms with van der Waals surface area (Å²) in [7, 11) is 0. The van der Waals surface area contributed by atoms with Crippen LogP contribution in [0.5, 0.6) is 0 Å². The summed E-state index contributed by atoms with van der Waals surface area (Å²) in [6.45, 7) is 7.62. The van der Waals surface area contributed by atoms with Crippen molar-refractivity contribution < 1.29 is 9.53 Å². The van der Waals surface area contributed by atoms with Crippen LogP contribution in [0.2, 0.25) is 0 Å². The van der Waals surface area contributed by atoms with Crippen molar-refractivity contribution in [2.45, 2.75) is 26.4 Å². The van der Waals surface area contributed by atoms with Crippen molar-refractivity contribution in [3.8, 4) is 11.3 Å². The fraction of sp³-hybridized carbons (Fsp3) is 0.308. The van der Waals surface area contributed by atoms with Crippen LogP contribution >= 0.6 is 0 Å². The lowest BCUT2D eigenvalue weighted by Gasteiger charge is -2.27. The van der Waals surface area contributed by atoms with E-state index in [1.54, 1.807) is 6.20 Å². The summed E-state index contributed by atoms with van der Waals surface area (Å²) >= 11 is 0. The van der Waals surface area contributed by atoms with Gasteiger partial charge in [-0.25, -0.2) is 14.6 Å². The van der Waals surface area contributed by atoms with Crippen molar-refractivity contribution in [1.29, 1.82) is 0 Å². The lowest BCUT2D eigenvalue weighted by Crippen LogP contribution is -2.36. The number of nitrogens with one attached hydrogen (secondary N) is 1. The quantitative estimate of drug-likeness (QED) is 0.475. The highest BCUT2D eigenvalue weighted by Gasteiger charge is 2.19. The van der Waals surface area contributed by atoms with Crippen molar-refractivity contribution in [2.24, 2.45) is 0 Å². The summed E-state index contributed by atoms with van der Waals surface area (Å²) in [5, 5.41) is 8.28. The average molecular weight is 457 g/mol. The van der Waals surface area contributed by atoms with Crippen LogP contribution in [0.15, 0.2) is 60.9 Å². The molecule has 4 heterocycles. The molecular weight excluding hydrogens is 428 g/mol. The number of amides is 1. The molecule has 0 spiro atoms. The van der Waals surface area contributed by atoms with Crippen LogP contribution in [-0.4, -0.2) is 52.0 Å². The second-order valence-corrected chi connectivity index (χ2v) is 8.65. The van der Waals surface area contributed by atoms with E-state index in [9.17, 15) is 4.79 Å². The maximum Gasteiger partial charge on any atom is 0.252 e. The molecule has 8 heteroatoms. The Morgan fingerprint density at radius 1 is 1.09 bits per heavy atom. The van der Waals surface area contributed by atoms with E-state index in [0.717, 1.165) is 54.3 Å². The Labute approximate surface area is 198 Å². The van der Waals surface area contributed by atoms with Gasteiger partial charge in [-0.15, -0.1) is 0 Å². The Hall–Kier alpha value is -3.78. The molecule has 0 bridgehead atoms. The number of ether oxygens (including phenoxy) is 1. The van der Waals surface area contributed by atoms with Gasteiger partial charge in [0.15, 0.2) is 5.65 Å². The Bertz CT molecular complexity index is 1280. The maximum absolute atomic E-state index is 13.3. The zero-order valence-corrected chi connectivity index (χ0v) is 19.4. The molecule has 8 nitrogen and oxygen atoms in total. The number of hydrogen-bond donors (Lipinski definition) is 1. The second kappa shape index (κ2) is 9.61. The SMILES string of the molecule is CC(C)n1ncc2c(C(=O)NCc3ccc(N4CCOCC4)nc3)cc(-c3ccccc3)nc21. The van der Waals surface area contributed by atoms with E-state index in [1.807, 2.05) is 59.4 Å². The van der Waals surface area contributed by atoms with Gasteiger partial charge in [0, 0.05) is 37.4 Å². The molecule has 1 fully saturated rings. The molecule has 34 heavy (non-hydrogen) atoms. The molecular formula is C26H28N6O2. The van der Waals surface area contributed by atoms with E-state index in [0.29, 0.717) is 17.8 Å². The van der Waals surface area contributed by atoms with Crippen molar-refractivity contribution in [2.75, 3.05) is 31.2 Å². The molecule has 0 atom stereocenters. The summed E-state index contributed by atoms with van der Waals surface area (Å²) in [4.78, 5) is 24.9. The van der Waals surface area contributed by atoms with Gasteiger partial charge in [-0.05, 0) is 31.5 Å². The summed E-state index contributed by atoms with van der Waals surface area (Å²) in [6.07, 6.45) is 3.55. The van der Waals surface area contributed by atoms with Gasteiger partial charge in [0.05, 0.1) is 36.1 Å². The topological polar surface area (TPSA) is 85.2 Å². The van der Waals surface area contributed by atoms with Crippen molar-refractivity contribution in [3.63, 3.8) is 0 Å². The molecule has 0 aliphatic carbocycles. The summed E-state index contributed by atoms with van der Waals surface area (Å²) in [5.74, 6) is 0.771. The predicted molar refractivity (Wildman–Crippen MR) is 132 cm³/mol. The van der Waals surface area contributed by atoms with Crippen LogP contribution in [0.3, 0.4) is 0 Å². The smallest absolute Gasteiger partial charge is 0.252 e. The fourth-order valence-electron chi connectivity index (χ4n) is 4.12. The van der Waals surface area contributed by atoms with Crippen LogP contribution in [0.25, 0.3) is 22.3 Å². The molecule has 0 unspecified atom stereocenters. The molecule has 3 aromatic heterocycles. The fourth-order valence-corrected chi connectivity index (χ4v) is 4.12. The summed E-state index contributed by atoms with van der Waals surface area (Å²) < 4.78 is 7.26. The van der Waals surface area contributed by atoms with E-state index >= 15 is 0 Å². The number of benzene rings is 1. The van der Waals surface area contributed by atoms with Crippen molar-refractivity contribution in [3.05, 3.63) is 72.1 Å². The largest absolute Gasteiger partial charge is 0.378 e. The Morgan fingerprint density at radius 3 is 2.59 bits per heavy atom. The third-order valence-electron chi connectivity index (χ3n) is 5.97. The molecule has 4 aromatic rings. The number of anilines is 1. The molecule has 1 amide bonds. The Morgan fingerprint density at radius 2 is 1.88 bits per heavy atom. The van der Waals surface area contributed by atoms with E-state index in [4.69, 9.17) is 9.72 Å². The minimum absolute atomic E-state index is 0.128. The highest BCUT2D eigenvalue weighted by Crippen LogP contribution is 2.26. The molecule has 5 rings (SSSR count). The van der Waals surface area contributed by atoms with Gasteiger partial charge < -0.3 is 15.0 Å². The first-order valence-corrected chi connectivity index (χ1v) is 11.6. The highest BCUT2D eigenvalue weighted by atomic mass is 16.5. The number of morpholine rings is 1. The Balaban J connectivity index is 1.39. The van der Waals surface area contributed by atoms with E-state index in [-0.39, 0.29) is 11.9 Å². The standard InChI is InChI=1S/C26H28N6O2/c1-18(2)32-25-22(17-29-32)21(14-23(30-25)20-6-4-3-5-7-20)26(33)28-16-19-8-9-24(27-15-19)31-10-12-34-13-11-31/h3-9,14-15,17-18H,10-13,16H2,1-2H3,(H,28,33).